The van der Waals surface area contributed by atoms with Gasteiger partial charge in [0.05, 0.1) is 18.3 Å². The summed E-state index contributed by atoms with van der Waals surface area (Å²) < 4.78 is 5.11. The standard InChI is InChI=1S/C26H32N4O/c1-19-7-4-5-8-23(19)14-21-13-20(2)29-24(15-21)25-9-6-11-30(25)18-22-16-27-26(28-17-22)10-12-31-3/h4-5,7-8,13,15-17,25H,6,9-12,14,18H2,1-3H3/t25-/m1/s1. The summed E-state index contributed by atoms with van der Waals surface area (Å²) in [4.78, 5) is 16.5. The molecule has 1 saturated heterocycles. The molecule has 1 atom stereocenters. The van der Waals surface area contributed by atoms with Crippen molar-refractivity contribution in [3.05, 3.63) is 88.3 Å². The van der Waals surface area contributed by atoms with Crippen LogP contribution in [0.15, 0.2) is 48.8 Å². The molecule has 1 aromatic carbocycles. The van der Waals surface area contributed by atoms with Gasteiger partial charge in [-0.05, 0) is 68.5 Å². The Kier molecular flexibility index (Phi) is 7.05. The zero-order valence-corrected chi connectivity index (χ0v) is 18.8. The summed E-state index contributed by atoms with van der Waals surface area (Å²) in [5.74, 6) is 0.838. The van der Waals surface area contributed by atoms with Gasteiger partial charge in [0.1, 0.15) is 5.82 Å². The molecule has 3 aromatic rings. The van der Waals surface area contributed by atoms with E-state index in [9.17, 15) is 0 Å². The van der Waals surface area contributed by atoms with Crippen LogP contribution in [0.25, 0.3) is 0 Å². The second-order valence-electron chi connectivity index (χ2n) is 8.52. The highest BCUT2D eigenvalue weighted by atomic mass is 16.5. The number of hydrogen-bond acceptors (Lipinski definition) is 5. The molecule has 31 heavy (non-hydrogen) atoms. The lowest BCUT2D eigenvalue weighted by molar-refractivity contribution is 0.200. The Balaban J connectivity index is 1.49. The summed E-state index contributed by atoms with van der Waals surface area (Å²) >= 11 is 0. The Morgan fingerprint density at radius 2 is 1.87 bits per heavy atom. The molecule has 3 heterocycles. The fourth-order valence-electron chi connectivity index (χ4n) is 4.44. The van der Waals surface area contributed by atoms with Crippen LogP contribution >= 0.6 is 0 Å². The number of methoxy groups -OCH3 is 1. The summed E-state index contributed by atoms with van der Waals surface area (Å²) in [5.41, 5.74) is 7.51. The highest BCUT2D eigenvalue weighted by Gasteiger charge is 2.27. The molecule has 0 spiro atoms. The quantitative estimate of drug-likeness (QED) is 0.537. The smallest absolute Gasteiger partial charge is 0.130 e. The van der Waals surface area contributed by atoms with Gasteiger partial charge in [-0.25, -0.2) is 9.97 Å². The minimum atomic E-state index is 0.351. The van der Waals surface area contributed by atoms with Crippen molar-refractivity contribution in [1.82, 2.24) is 19.9 Å². The number of hydrogen-bond donors (Lipinski definition) is 0. The van der Waals surface area contributed by atoms with Gasteiger partial charge in [0.15, 0.2) is 0 Å². The average molecular weight is 417 g/mol. The Labute approximate surface area is 185 Å². The van der Waals surface area contributed by atoms with Crippen LogP contribution in [0.5, 0.6) is 0 Å². The predicted octanol–water partition coefficient (Wildman–Crippen LogP) is 4.61. The maximum absolute atomic E-state index is 5.11. The van der Waals surface area contributed by atoms with Gasteiger partial charge in [0, 0.05) is 43.7 Å². The number of nitrogens with zero attached hydrogens (tertiary/aromatic N) is 4. The SMILES string of the molecule is COCCc1ncc(CN2CCC[C@@H]2c2cc(Cc3ccccc3C)cc(C)n2)cn1. The monoisotopic (exact) mass is 416 g/mol. The van der Waals surface area contributed by atoms with Gasteiger partial charge in [0.2, 0.25) is 0 Å². The minimum Gasteiger partial charge on any atom is -0.384 e. The van der Waals surface area contributed by atoms with E-state index in [1.165, 1.54) is 28.8 Å². The summed E-state index contributed by atoms with van der Waals surface area (Å²) in [6.07, 6.45) is 7.96. The van der Waals surface area contributed by atoms with E-state index >= 15 is 0 Å². The Morgan fingerprint density at radius 3 is 2.65 bits per heavy atom. The topological polar surface area (TPSA) is 51.1 Å². The van der Waals surface area contributed by atoms with Crippen molar-refractivity contribution in [3.8, 4) is 0 Å². The first-order chi connectivity index (χ1) is 15.1. The van der Waals surface area contributed by atoms with Gasteiger partial charge in [-0.15, -0.1) is 0 Å². The summed E-state index contributed by atoms with van der Waals surface area (Å²) in [5, 5.41) is 0. The zero-order chi connectivity index (χ0) is 21.6. The maximum Gasteiger partial charge on any atom is 0.130 e. The Morgan fingerprint density at radius 1 is 1.06 bits per heavy atom. The van der Waals surface area contributed by atoms with E-state index in [-0.39, 0.29) is 0 Å². The van der Waals surface area contributed by atoms with E-state index in [0.717, 1.165) is 49.4 Å². The fourth-order valence-corrected chi connectivity index (χ4v) is 4.44. The molecule has 0 aliphatic carbocycles. The molecule has 5 heteroatoms. The molecule has 2 aromatic heterocycles. The average Bonchev–Trinajstić information content (AvgIpc) is 3.23. The first-order valence-electron chi connectivity index (χ1n) is 11.2. The first kappa shape index (κ1) is 21.6. The zero-order valence-electron chi connectivity index (χ0n) is 18.8. The second kappa shape index (κ2) is 10.1. The van der Waals surface area contributed by atoms with Crippen LogP contribution in [0.1, 0.15) is 58.3 Å². The van der Waals surface area contributed by atoms with Crippen molar-refractivity contribution in [2.45, 2.75) is 52.1 Å². The van der Waals surface area contributed by atoms with Crippen LogP contribution in [0.3, 0.4) is 0 Å². The van der Waals surface area contributed by atoms with Crippen LogP contribution in [0.2, 0.25) is 0 Å². The van der Waals surface area contributed by atoms with Crippen LogP contribution in [0, 0.1) is 13.8 Å². The molecule has 1 aliphatic heterocycles. The Bertz CT molecular complexity index is 1000. The fraction of sp³-hybridized carbons (Fsp3) is 0.423. The molecule has 0 N–H and O–H groups in total. The number of aromatic nitrogens is 3. The van der Waals surface area contributed by atoms with E-state index in [2.05, 4.69) is 65.1 Å². The Hall–Kier alpha value is -2.63. The van der Waals surface area contributed by atoms with Crippen LogP contribution in [0.4, 0.5) is 0 Å². The number of ether oxygens (including phenoxy) is 1. The van der Waals surface area contributed by atoms with Crippen LogP contribution < -0.4 is 0 Å². The lowest BCUT2D eigenvalue weighted by Crippen LogP contribution is -2.24. The van der Waals surface area contributed by atoms with Gasteiger partial charge in [-0.1, -0.05) is 24.3 Å². The van der Waals surface area contributed by atoms with Crippen molar-refractivity contribution in [1.29, 1.82) is 0 Å². The highest BCUT2D eigenvalue weighted by molar-refractivity contribution is 5.34. The molecular formula is C26H32N4O. The summed E-state index contributed by atoms with van der Waals surface area (Å²) in [6.45, 7) is 6.89. The lowest BCUT2D eigenvalue weighted by atomic mass is 9.98. The van der Waals surface area contributed by atoms with Gasteiger partial charge in [-0.3, -0.25) is 9.88 Å². The summed E-state index contributed by atoms with van der Waals surface area (Å²) in [6, 6.07) is 13.5. The number of benzene rings is 1. The van der Waals surface area contributed by atoms with E-state index < -0.39 is 0 Å². The first-order valence-corrected chi connectivity index (χ1v) is 11.2. The number of rotatable bonds is 8. The molecule has 162 valence electrons. The normalized spacial score (nSPS) is 16.7. The van der Waals surface area contributed by atoms with Crippen molar-refractivity contribution in [3.63, 3.8) is 0 Å². The molecule has 0 saturated carbocycles. The van der Waals surface area contributed by atoms with Gasteiger partial charge in [-0.2, -0.15) is 0 Å². The molecule has 0 amide bonds. The van der Waals surface area contributed by atoms with Gasteiger partial charge < -0.3 is 4.74 Å². The number of aryl methyl sites for hydroxylation is 2. The largest absolute Gasteiger partial charge is 0.384 e. The number of pyridine rings is 1. The van der Waals surface area contributed by atoms with Gasteiger partial charge in [0.25, 0.3) is 0 Å². The summed E-state index contributed by atoms with van der Waals surface area (Å²) in [7, 11) is 1.70. The second-order valence-corrected chi connectivity index (χ2v) is 8.52. The molecule has 5 nitrogen and oxygen atoms in total. The predicted molar refractivity (Wildman–Crippen MR) is 123 cm³/mol. The van der Waals surface area contributed by atoms with Crippen LogP contribution in [-0.2, 0) is 24.1 Å². The van der Waals surface area contributed by atoms with Crippen molar-refractivity contribution in [2.75, 3.05) is 20.3 Å². The van der Waals surface area contributed by atoms with Crippen molar-refractivity contribution >= 4 is 0 Å². The van der Waals surface area contributed by atoms with Gasteiger partial charge >= 0.3 is 0 Å². The molecule has 1 aliphatic rings. The third kappa shape index (κ3) is 5.54. The maximum atomic E-state index is 5.11. The van der Waals surface area contributed by atoms with Crippen LogP contribution in [-0.4, -0.2) is 40.1 Å². The molecule has 0 bridgehead atoms. The van der Waals surface area contributed by atoms with E-state index in [0.29, 0.717) is 12.6 Å². The third-order valence-corrected chi connectivity index (χ3v) is 6.07. The third-order valence-electron chi connectivity index (χ3n) is 6.07. The minimum absolute atomic E-state index is 0.351. The van der Waals surface area contributed by atoms with E-state index in [4.69, 9.17) is 9.72 Å². The highest BCUT2D eigenvalue weighted by Crippen LogP contribution is 2.33. The molecule has 0 unspecified atom stereocenters. The van der Waals surface area contributed by atoms with Crippen molar-refractivity contribution < 1.29 is 4.74 Å². The molecule has 4 rings (SSSR count). The molecule has 0 radical (unpaired) electrons. The van der Waals surface area contributed by atoms with E-state index in [1.807, 2.05) is 12.4 Å². The van der Waals surface area contributed by atoms with Crippen molar-refractivity contribution in [2.24, 2.45) is 0 Å². The lowest BCUT2D eigenvalue weighted by Gasteiger charge is -2.24. The number of likely N-dealkylation sites (tertiary alicyclic amines) is 1. The van der Waals surface area contributed by atoms with E-state index in [1.54, 1.807) is 7.11 Å². The molecular weight excluding hydrogens is 384 g/mol. The molecule has 1 fully saturated rings.